The maximum atomic E-state index is 5.99. The van der Waals surface area contributed by atoms with Crippen LogP contribution in [-0.4, -0.2) is 49.8 Å². The summed E-state index contributed by atoms with van der Waals surface area (Å²) in [5.41, 5.74) is 0.414. The molecule has 1 heterocycles. The fraction of sp³-hybridized carbons (Fsp3) is 1.00. The highest BCUT2D eigenvalue weighted by atomic mass is 16.5. The van der Waals surface area contributed by atoms with E-state index in [1.807, 2.05) is 0 Å². The van der Waals surface area contributed by atoms with Gasteiger partial charge in [-0.25, -0.2) is 0 Å². The quantitative estimate of drug-likeness (QED) is 0.666. The lowest BCUT2D eigenvalue weighted by atomic mass is 9.81. The average Bonchev–Trinajstić information content (AvgIpc) is 2.50. The van der Waals surface area contributed by atoms with Gasteiger partial charge < -0.3 is 15.0 Å². The summed E-state index contributed by atoms with van der Waals surface area (Å²) in [4.78, 5) is 2.65. The standard InChI is InChI=1S/C18H38N2O/c1-6-12-21-17-10-9-11-20(13-17)15-18(7-2,8-3)14-19-16(4)5/h16-17,19H,6-15H2,1-5H3. The highest BCUT2D eigenvalue weighted by Crippen LogP contribution is 2.28. The van der Waals surface area contributed by atoms with E-state index < -0.39 is 0 Å². The molecule has 0 aromatic heterocycles. The number of ether oxygens (including phenoxy) is 1. The fourth-order valence-electron chi connectivity index (χ4n) is 3.25. The van der Waals surface area contributed by atoms with Gasteiger partial charge in [-0.3, -0.25) is 0 Å². The van der Waals surface area contributed by atoms with Crippen LogP contribution in [0, 0.1) is 5.41 Å². The summed E-state index contributed by atoms with van der Waals surface area (Å²) in [6.07, 6.45) is 6.62. The van der Waals surface area contributed by atoms with Gasteiger partial charge in [-0.1, -0.05) is 34.6 Å². The SMILES string of the molecule is CCCOC1CCCN(CC(CC)(CC)CNC(C)C)C1. The Balaban J connectivity index is 2.52. The third-order valence-corrected chi connectivity index (χ3v) is 4.96. The van der Waals surface area contributed by atoms with Crippen molar-refractivity contribution in [1.29, 1.82) is 0 Å². The summed E-state index contributed by atoms with van der Waals surface area (Å²) < 4.78 is 5.99. The van der Waals surface area contributed by atoms with E-state index in [-0.39, 0.29) is 0 Å². The van der Waals surface area contributed by atoms with Crippen molar-refractivity contribution < 1.29 is 4.74 Å². The van der Waals surface area contributed by atoms with Crippen LogP contribution in [0.5, 0.6) is 0 Å². The summed E-state index contributed by atoms with van der Waals surface area (Å²) in [7, 11) is 0. The Bertz CT molecular complexity index is 264. The van der Waals surface area contributed by atoms with Crippen LogP contribution >= 0.6 is 0 Å². The molecule has 21 heavy (non-hydrogen) atoms. The Labute approximate surface area is 132 Å². The Morgan fingerprint density at radius 3 is 2.52 bits per heavy atom. The van der Waals surface area contributed by atoms with Crippen LogP contribution in [0.2, 0.25) is 0 Å². The second kappa shape index (κ2) is 9.81. The summed E-state index contributed by atoms with van der Waals surface area (Å²) in [5, 5.41) is 3.67. The van der Waals surface area contributed by atoms with E-state index in [0.717, 1.165) is 26.1 Å². The molecule has 3 nitrogen and oxygen atoms in total. The van der Waals surface area contributed by atoms with E-state index in [1.54, 1.807) is 0 Å². The minimum atomic E-state index is 0.414. The number of hydrogen-bond acceptors (Lipinski definition) is 3. The van der Waals surface area contributed by atoms with Gasteiger partial charge in [-0.05, 0) is 44.1 Å². The molecule has 1 N–H and O–H groups in total. The van der Waals surface area contributed by atoms with Gasteiger partial charge in [0, 0.05) is 32.3 Å². The maximum Gasteiger partial charge on any atom is 0.0702 e. The van der Waals surface area contributed by atoms with Crippen molar-refractivity contribution in [3.05, 3.63) is 0 Å². The summed E-state index contributed by atoms with van der Waals surface area (Å²) in [6, 6.07) is 0.574. The second-order valence-electron chi connectivity index (χ2n) is 7.11. The van der Waals surface area contributed by atoms with Crippen LogP contribution in [0.3, 0.4) is 0 Å². The first kappa shape index (κ1) is 18.9. The van der Waals surface area contributed by atoms with Crippen molar-refractivity contribution in [2.45, 2.75) is 78.9 Å². The zero-order valence-electron chi connectivity index (χ0n) is 15.1. The van der Waals surface area contributed by atoms with Crippen molar-refractivity contribution in [3.63, 3.8) is 0 Å². The highest BCUT2D eigenvalue weighted by Gasteiger charge is 2.31. The topological polar surface area (TPSA) is 24.5 Å². The molecule has 1 atom stereocenters. The molecule has 1 rings (SSSR count). The number of piperidine rings is 1. The molecular formula is C18H38N2O. The normalized spacial score (nSPS) is 21.1. The van der Waals surface area contributed by atoms with Crippen LogP contribution in [0.25, 0.3) is 0 Å². The van der Waals surface area contributed by atoms with E-state index in [1.165, 1.54) is 38.8 Å². The highest BCUT2D eigenvalue weighted by molar-refractivity contribution is 4.86. The zero-order valence-corrected chi connectivity index (χ0v) is 15.1. The van der Waals surface area contributed by atoms with Crippen molar-refractivity contribution in [3.8, 4) is 0 Å². The number of hydrogen-bond donors (Lipinski definition) is 1. The minimum Gasteiger partial charge on any atom is -0.377 e. The molecule has 0 spiro atoms. The van der Waals surface area contributed by atoms with Crippen molar-refractivity contribution >= 4 is 0 Å². The summed E-state index contributed by atoms with van der Waals surface area (Å²) >= 11 is 0. The van der Waals surface area contributed by atoms with Gasteiger partial charge >= 0.3 is 0 Å². The van der Waals surface area contributed by atoms with E-state index in [9.17, 15) is 0 Å². The molecule has 1 aliphatic heterocycles. The number of nitrogens with one attached hydrogen (secondary N) is 1. The van der Waals surface area contributed by atoms with Crippen molar-refractivity contribution in [2.24, 2.45) is 5.41 Å². The minimum absolute atomic E-state index is 0.414. The first-order chi connectivity index (χ1) is 10.0. The van der Waals surface area contributed by atoms with Crippen LogP contribution in [-0.2, 0) is 4.74 Å². The number of rotatable bonds is 10. The Kier molecular flexibility index (Phi) is 8.84. The van der Waals surface area contributed by atoms with Crippen molar-refractivity contribution in [1.82, 2.24) is 10.2 Å². The van der Waals surface area contributed by atoms with Crippen LogP contribution in [0.4, 0.5) is 0 Å². The molecule has 0 saturated carbocycles. The van der Waals surface area contributed by atoms with E-state index in [0.29, 0.717) is 17.6 Å². The average molecular weight is 299 g/mol. The van der Waals surface area contributed by atoms with Crippen molar-refractivity contribution in [2.75, 3.05) is 32.8 Å². The molecule has 3 heteroatoms. The largest absolute Gasteiger partial charge is 0.377 e. The molecule has 1 fully saturated rings. The third kappa shape index (κ3) is 6.66. The first-order valence-electron chi connectivity index (χ1n) is 9.12. The molecule has 0 aromatic rings. The predicted octanol–water partition coefficient (Wildman–Crippen LogP) is 3.68. The van der Waals surface area contributed by atoms with E-state index in [2.05, 4.69) is 44.8 Å². The van der Waals surface area contributed by atoms with Crippen LogP contribution in [0.1, 0.15) is 66.7 Å². The predicted molar refractivity (Wildman–Crippen MR) is 91.9 cm³/mol. The molecule has 0 radical (unpaired) electrons. The van der Waals surface area contributed by atoms with Crippen LogP contribution < -0.4 is 5.32 Å². The molecule has 126 valence electrons. The molecule has 1 unspecified atom stereocenters. The molecule has 0 aliphatic carbocycles. The molecule has 1 saturated heterocycles. The van der Waals surface area contributed by atoms with Gasteiger partial charge in [0.1, 0.15) is 0 Å². The Morgan fingerprint density at radius 1 is 1.24 bits per heavy atom. The molecule has 0 aromatic carbocycles. The van der Waals surface area contributed by atoms with Gasteiger partial charge in [-0.2, -0.15) is 0 Å². The Morgan fingerprint density at radius 2 is 1.95 bits per heavy atom. The lowest BCUT2D eigenvalue weighted by Crippen LogP contribution is -2.49. The van der Waals surface area contributed by atoms with Gasteiger partial charge in [0.25, 0.3) is 0 Å². The van der Waals surface area contributed by atoms with E-state index in [4.69, 9.17) is 4.74 Å². The molecule has 1 aliphatic rings. The third-order valence-electron chi connectivity index (χ3n) is 4.96. The van der Waals surface area contributed by atoms with Gasteiger partial charge in [-0.15, -0.1) is 0 Å². The molecular weight excluding hydrogens is 260 g/mol. The lowest BCUT2D eigenvalue weighted by molar-refractivity contribution is -0.0131. The smallest absolute Gasteiger partial charge is 0.0702 e. The molecule has 0 bridgehead atoms. The number of likely N-dealkylation sites (tertiary alicyclic amines) is 1. The monoisotopic (exact) mass is 298 g/mol. The van der Waals surface area contributed by atoms with E-state index >= 15 is 0 Å². The second-order valence-corrected chi connectivity index (χ2v) is 7.11. The molecule has 0 amide bonds. The Hall–Kier alpha value is -0.120. The lowest BCUT2D eigenvalue weighted by Gasteiger charge is -2.41. The van der Waals surface area contributed by atoms with Gasteiger partial charge in [0.05, 0.1) is 6.10 Å². The fourth-order valence-corrected chi connectivity index (χ4v) is 3.25. The van der Waals surface area contributed by atoms with Crippen LogP contribution in [0.15, 0.2) is 0 Å². The van der Waals surface area contributed by atoms with Gasteiger partial charge in [0.2, 0.25) is 0 Å². The zero-order chi connectivity index (χ0) is 15.7. The summed E-state index contributed by atoms with van der Waals surface area (Å²) in [5.74, 6) is 0. The summed E-state index contributed by atoms with van der Waals surface area (Å²) in [6.45, 7) is 17.0. The number of nitrogens with zero attached hydrogens (tertiary/aromatic N) is 1. The van der Waals surface area contributed by atoms with Gasteiger partial charge in [0.15, 0.2) is 0 Å². The maximum absolute atomic E-state index is 5.99. The first-order valence-corrected chi connectivity index (χ1v) is 9.12.